The Kier molecular flexibility index (Phi) is 5.86. The Hall–Kier alpha value is -3.42. The van der Waals surface area contributed by atoms with Crippen molar-refractivity contribution in [2.24, 2.45) is 5.73 Å². The predicted octanol–water partition coefficient (Wildman–Crippen LogP) is 2.83. The zero-order valence-corrected chi connectivity index (χ0v) is 18.8. The molecule has 166 valence electrons. The third-order valence-corrected chi connectivity index (χ3v) is 6.00. The fourth-order valence-corrected chi connectivity index (χ4v) is 4.34. The first kappa shape index (κ1) is 21.8. The fourth-order valence-electron chi connectivity index (χ4n) is 3.54. The topological polar surface area (TPSA) is 138 Å². The second kappa shape index (κ2) is 8.61. The monoisotopic (exact) mass is 451 g/mol. The van der Waals surface area contributed by atoms with Crippen LogP contribution in [0.2, 0.25) is 0 Å². The van der Waals surface area contributed by atoms with Crippen LogP contribution >= 0.6 is 0 Å². The first-order chi connectivity index (χ1) is 15.3. The first-order valence-corrected chi connectivity index (χ1v) is 12.3. The van der Waals surface area contributed by atoms with E-state index in [1.807, 2.05) is 37.3 Å². The maximum absolute atomic E-state index is 12.0. The van der Waals surface area contributed by atoms with Crippen molar-refractivity contribution in [1.29, 1.82) is 5.26 Å². The minimum atomic E-state index is -3.24. The maximum atomic E-state index is 12.0. The third kappa shape index (κ3) is 4.90. The molecule has 2 heterocycles. The number of aromatic nitrogens is 3. The van der Waals surface area contributed by atoms with E-state index < -0.39 is 9.84 Å². The summed E-state index contributed by atoms with van der Waals surface area (Å²) in [5, 5.41) is 20.4. The van der Waals surface area contributed by atoms with Crippen LogP contribution < -0.4 is 16.4 Å². The van der Waals surface area contributed by atoms with Gasteiger partial charge in [0.25, 0.3) is 0 Å². The highest BCUT2D eigenvalue weighted by Crippen LogP contribution is 2.29. The number of hydrogen-bond donors (Lipinski definition) is 3. The van der Waals surface area contributed by atoms with E-state index in [0.717, 1.165) is 29.8 Å². The SMILES string of the molecule is CC(=CCN)c1ccc(Nc2cc(NC3CC3)n3ncc(C#N)c3n2)cc1CS(C)(=O)=O. The number of nitrogens with two attached hydrogens (primary N) is 1. The molecule has 0 radical (unpaired) electrons. The van der Waals surface area contributed by atoms with Gasteiger partial charge < -0.3 is 16.4 Å². The van der Waals surface area contributed by atoms with E-state index in [1.54, 1.807) is 4.52 Å². The Balaban J connectivity index is 1.74. The molecule has 1 saturated carbocycles. The van der Waals surface area contributed by atoms with Gasteiger partial charge in [0, 0.05) is 30.6 Å². The number of nitriles is 1. The van der Waals surface area contributed by atoms with Crippen molar-refractivity contribution in [2.45, 2.75) is 31.6 Å². The van der Waals surface area contributed by atoms with Crippen molar-refractivity contribution >= 4 is 38.4 Å². The molecule has 1 aromatic carbocycles. The van der Waals surface area contributed by atoms with E-state index in [-0.39, 0.29) is 5.75 Å². The minimum Gasteiger partial charge on any atom is -0.367 e. The van der Waals surface area contributed by atoms with Gasteiger partial charge in [0.2, 0.25) is 0 Å². The van der Waals surface area contributed by atoms with Crippen LogP contribution in [0.1, 0.15) is 36.5 Å². The Morgan fingerprint density at radius 1 is 1.38 bits per heavy atom. The second-order valence-corrected chi connectivity index (χ2v) is 10.2. The number of hydrogen-bond acceptors (Lipinski definition) is 8. The molecule has 10 heteroatoms. The molecule has 1 aliphatic rings. The van der Waals surface area contributed by atoms with E-state index in [1.165, 1.54) is 12.5 Å². The molecule has 0 saturated heterocycles. The van der Waals surface area contributed by atoms with E-state index >= 15 is 0 Å². The van der Waals surface area contributed by atoms with E-state index in [0.29, 0.717) is 40.9 Å². The number of fused-ring (bicyclic) bond motifs is 1. The Bertz CT molecular complexity index is 1350. The summed E-state index contributed by atoms with van der Waals surface area (Å²) in [4.78, 5) is 4.56. The maximum Gasteiger partial charge on any atom is 0.177 e. The van der Waals surface area contributed by atoms with Crippen molar-refractivity contribution in [1.82, 2.24) is 14.6 Å². The minimum absolute atomic E-state index is 0.0875. The van der Waals surface area contributed by atoms with Crippen molar-refractivity contribution in [3.8, 4) is 6.07 Å². The van der Waals surface area contributed by atoms with Crippen LogP contribution in [0, 0.1) is 11.3 Å². The molecule has 4 N–H and O–H groups in total. The van der Waals surface area contributed by atoms with Gasteiger partial charge in [-0.3, -0.25) is 0 Å². The smallest absolute Gasteiger partial charge is 0.177 e. The second-order valence-electron chi connectivity index (χ2n) is 8.04. The molecule has 32 heavy (non-hydrogen) atoms. The Morgan fingerprint density at radius 3 is 2.81 bits per heavy atom. The summed E-state index contributed by atoms with van der Waals surface area (Å²) in [6.45, 7) is 2.28. The largest absolute Gasteiger partial charge is 0.367 e. The van der Waals surface area contributed by atoms with Gasteiger partial charge in [-0.05, 0) is 48.6 Å². The van der Waals surface area contributed by atoms with Crippen LogP contribution in [0.5, 0.6) is 0 Å². The van der Waals surface area contributed by atoms with E-state index in [2.05, 4.69) is 26.8 Å². The van der Waals surface area contributed by atoms with Gasteiger partial charge in [0.15, 0.2) is 15.5 Å². The van der Waals surface area contributed by atoms with Gasteiger partial charge >= 0.3 is 0 Å². The average molecular weight is 452 g/mol. The highest BCUT2D eigenvalue weighted by molar-refractivity contribution is 7.89. The lowest BCUT2D eigenvalue weighted by Gasteiger charge is -2.14. The third-order valence-electron chi connectivity index (χ3n) is 5.17. The molecule has 2 aromatic heterocycles. The van der Waals surface area contributed by atoms with Gasteiger partial charge in [-0.1, -0.05) is 12.1 Å². The highest BCUT2D eigenvalue weighted by atomic mass is 32.2. The van der Waals surface area contributed by atoms with Crippen LogP contribution in [-0.2, 0) is 15.6 Å². The van der Waals surface area contributed by atoms with Crippen molar-refractivity contribution < 1.29 is 8.42 Å². The van der Waals surface area contributed by atoms with Crippen molar-refractivity contribution in [3.63, 3.8) is 0 Å². The molecule has 0 unspecified atom stereocenters. The normalized spacial score (nSPS) is 14.4. The molecule has 4 rings (SSSR count). The zero-order chi connectivity index (χ0) is 22.9. The number of benzene rings is 1. The fraction of sp³-hybridized carbons (Fsp3) is 0.318. The number of nitrogens with zero attached hydrogens (tertiary/aromatic N) is 4. The van der Waals surface area contributed by atoms with Gasteiger partial charge in [-0.2, -0.15) is 14.9 Å². The molecule has 0 bridgehead atoms. The number of anilines is 3. The molecule has 1 fully saturated rings. The van der Waals surface area contributed by atoms with Crippen LogP contribution in [-0.4, -0.2) is 41.9 Å². The summed E-state index contributed by atoms with van der Waals surface area (Å²) in [6, 6.07) is 9.91. The lowest BCUT2D eigenvalue weighted by atomic mass is 10.0. The average Bonchev–Trinajstić information content (AvgIpc) is 3.43. The highest BCUT2D eigenvalue weighted by Gasteiger charge is 2.23. The van der Waals surface area contributed by atoms with Crippen LogP contribution in [0.4, 0.5) is 17.3 Å². The number of rotatable bonds is 8. The molecule has 3 aromatic rings. The quantitative estimate of drug-likeness (QED) is 0.475. The van der Waals surface area contributed by atoms with Gasteiger partial charge in [-0.15, -0.1) is 0 Å². The van der Waals surface area contributed by atoms with Gasteiger partial charge in [-0.25, -0.2) is 13.4 Å². The summed E-state index contributed by atoms with van der Waals surface area (Å²) in [7, 11) is -3.24. The summed E-state index contributed by atoms with van der Waals surface area (Å²) in [5.41, 5.74) is 9.61. The van der Waals surface area contributed by atoms with Crippen LogP contribution in [0.25, 0.3) is 11.2 Å². The van der Waals surface area contributed by atoms with Crippen molar-refractivity contribution in [3.05, 3.63) is 53.2 Å². The van der Waals surface area contributed by atoms with Gasteiger partial charge in [0.1, 0.15) is 23.3 Å². The van der Waals surface area contributed by atoms with Gasteiger partial charge in [0.05, 0.1) is 11.9 Å². The summed E-state index contributed by atoms with van der Waals surface area (Å²) < 4.78 is 25.7. The Morgan fingerprint density at radius 2 is 2.16 bits per heavy atom. The number of nitrogens with one attached hydrogen (secondary N) is 2. The molecular weight excluding hydrogens is 426 g/mol. The summed E-state index contributed by atoms with van der Waals surface area (Å²) >= 11 is 0. The van der Waals surface area contributed by atoms with Crippen LogP contribution in [0.15, 0.2) is 36.5 Å². The molecule has 0 aliphatic heterocycles. The molecule has 0 amide bonds. The summed E-state index contributed by atoms with van der Waals surface area (Å²) in [6.07, 6.45) is 6.75. The van der Waals surface area contributed by atoms with Crippen LogP contribution in [0.3, 0.4) is 0 Å². The number of sulfone groups is 1. The number of allylic oxidation sites excluding steroid dienone is 1. The standard InChI is InChI=1S/C22H25N7O2S/c1-14(7-8-23)19-6-5-18(9-15(19)13-32(2,30)31)26-20-10-21(27-17-3-4-17)29-22(28-20)16(11-24)12-25-29/h5-7,9-10,12,17,27H,3-4,8,13,23H2,1-2H3,(H,26,28). The predicted molar refractivity (Wildman–Crippen MR) is 125 cm³/mol. The molecule has 1 aliphatic carbocycles. The lowest BCUT2D eigenvalue weighted by molar-refractivity contribution is 0.601. The molecular formula is C22H25N7O2S. The van der Waals surface area contributed by atoms with Crippen molar-refractivity contribution in [2.75, 3.05) is 23.4 Å². The molecule has 9 nitrogen and oxygen atoms in total. The molecule has 0 atom stereocenters. The lowest BCUT2D eigenvalue weighted by Crippen LogP contribution is -2.09. The zero-order valence-electron chi connectivity index (χ0n) is 18.0. The molecule has 0 spiro atoms. The van der Waals surface area contributed by atoms with E-state index in [9.17, 15) is 13.7 Å². The Labute approximate surface area is 186 Å². The first-order valence-electron chi connectivity index (χ1n) is 10.3. The summed E-state index contributed by atoms with van der Waals surface area (Å²) in [5.74, 6) is 1.19. The van der Waals surface area contributed by atoms with E-state index in [4.69, 9.17) is 5.73 Å².